The van der Waals surface area contributed by atoms with Crippen LogP contribution in [0.3, 0.4) is 0 Å². The summed E-state index contributed by atoms with van der Waals surface area (Å²) >= 11 is 0. The normalized spacial score (nSPS) is 16.2. The first-order valence-corrected chi connectivity index (χ1v) is 9.56. The standard InChI is InChI=1S/C20H25F3N4O2/c1-13(2)18-24-6-7-27(18)14(3)19(28)25-15-4-5-17(16(12-15)20(21,22)23)26-8-10-29-11-9-26/h4-7,12-14H,8-11H2,1-3H3,(H,25,28)/t14-/m1/s1. The van der Waals surface area contributed by atoms with Gasteiger partial charge in [0.15, 0.2) is 0 Å². The van der Waals surface area contributed by atoms with Crippen LogP contribution in [-0.2, 0) is 15.7 Å². The van der Waals surface area contributed by atoms with Crippen LogP contribution in [0.1, 0.15) is 44.1 Å². The quantitative estimate of drug-likeness (QED) is 0.808. The largest absolute Gasteiger partial charge is 0.418 e. The topological polar surface area (TPSA) is 59.4 Å². The number of carbonyl (C=O) groups is 1. The highest BCUT2D eigenvalue weighted by atomic mass is 19.4. The number of nitrogens with one attached hydrogen (secondary N) is 1. The van der Waals surface area contributed by atoms with Gasteiger partial charge in [-0.1, -0.05) is 13.8 Å². The van der Waals surface area contributed by atoms with E-state index in [1.165, 1.54) is 12.1 Å². The highest BCUT2D eigenvalue weighted by Gasteiger charge is 2.36. The molecule has 29 heavy (non-hydrogen) atoms. The number of ether oxygens (including phenoxy) is 1. The van der Waals surface area contributed by atoms with Crippen LogP contribution < -0.4 is 10.2 Å². The van der Waals surface area contributed by atoms with Gasteiger partial charge in [-0.25, -0.2) is 4.98 Å². The van der Waals surface area contributed by atoms with Gasteiger partial charge in [0.1, 0.15) is 11.9 Å². The average Bonchev–Trinajstić information content (AvgIpc) is 3.17. The summed E-state index contributed by atoms with van der Waals surface area (Å²) in [5, 5.41) is 2.61. The maximum absolute atomic E-state index is 13.7. The van der Waals surface area contributed by atoms with Gasteiger partial charge in [0, 0.05) is 42.8 Å². The van der Waals surface area contributed by atoms with Crippen molar-refractivity contribution >= 4 is 17.3 Å². The second-order valence-corrected chi connectivity index (χ2v) is 7.34. The Balaban J connectivity index is 1.83. The fraction of sp³-hybridized carbons (Fsp3) is 0.500. The number of rotatable bonds is 5. The van der Waals surface area contributed by atoms with Crippen LogP contribution in [0, 0.1) is 0 Å². The highest BCUT2D eigenvalue weighted by molar-refractivity contribution is 5.94. The summed E-state index contributed by atoms with van der Waals surface area (Å²) in [5.41, 5.74) is -0.559. The Morgan fingerprint density at radius 1 is 1.21 bits per heavy atom. The lowest BCUT2D eigenvalue weighted by Gasteiger charge is -2.31. The third-order valence-electron chi connectivity index (χ3n) is 4.93. The number of halogens is 3. The molecule has 1 aromatic heterocycles. The Bertz CT molecular complexity index is 858. The summed E-state index contributed by atoms with van der Waals surface area (Å²) in [6, 6.07) is 3.29. The number of amides is 1. The minimum Gasteiger partial charge on any atom is -0.378 e. The van der Waals surface area contributed by atoms with Gasteiger partial charge in [-0.05, 0) is 25.1 Å². The van der Waals surface area contributed by atoms with E-state index in [4.69, 9.17) is 4.74 Å². The number of imidazole rings is 1. The molecule has 6 nitrogen and oxygen atoms in total. The third kappa shape index (κ3) is 4.72. The number of carbonyl (C=O) groups excluding carboxylic acids is 1. The second kappa shape index (κ2) is 8.44. The first kappa shape index (κ1) is 21.2. The zero-order valence-corrected chi connectivity index (χ0v) is 16.7. The van der Waals surface area contributed by atoms with E-state index in [2.05, 4.69) is 10.3 Å². The van der Waals surface area contributed by atoms with Crippen molar-refractivity contribution in [1.29, 1.82) is 0 Å². The van der Waals surface area contributed by atoms with Crippen LogP contribution in [-0.4, -0.2) is 41.8 Å². The highest BCUT2D eigenvalue weighted by Crippen LogP contribution is 2.38. The molecule has 1 amide bonds. The molecule has 1 fully saturated rings. The van der Waals surface area contributed by atoms with E-state index in [1.54, 1.807) is 28.8 Å². The van der Waals surface area contributed by atoms with Crippen LogP contribution in [0.15, 0.2) is 30.6 Å². The molecule has 0 spiro atoms. The summed E-state index contributed by atoms with van der Waals surface area (Å²) in [5.74, 6) is 0.452. The summed E-state index contributed by atoms with van der Waals surface area (Å²) < 4.78 is 47.9. The molecule has 0 unspecified atom stereocenters. The van der Waals surface area contributed by atoms with Crippen molar-refractivity contribution in [2.75, 3.05) is 36.5 Å². The van der Waals surface area contributed by atoms with E-state index in [9.17, 15) is 18.0 Å². The zero-order chi connectivity index (χ0) is 21.2. The monoisotopic (exact) mass is 410 g/mol. The molecule has 1 aliphatic heterocycles. The van der Waals surface area contributed by atoms with Gasteiger partial charge in [-0.2, -0.15) is 13.2 Å². The summed E-state index contributed by atoms with van der Waals surface area (Å²) in [4.78, 5) is 18.6. The zero-order valence-electron chi connectivity index (χ0n) is 16.7. The molecule has 158 valence electrons. The number of anilines is 2. The first-order chi connectivity index (χ1) is 13.7. The van der Waals surface area contributed by atoms with Crippen LogP contribution in [0.25, 0.3) is 0 Å². The Morgan fingerprint density at radius 2 is 1.90 bits per heavy atom. The van der Waals surface area contributed by atoms with Gasteiger partial charge in [0.05, 0.1) is 18.8 Å². The molecule has 1 N–H and O–H groups in total. The fourth-order valence-electron chi connectivity index (χ4n) is 3.39. The third-order valence-corrected chi connectivity index (χ3v) is 4.93. The lowest BCUT2D eigenvalue weighted by atomic mass is 10.1. The average molecular weight is 410 g/mol. The van der Waals surface area contributed by atoms with E-state index in [-0.39, 0.29) is 17.3 Å². The number of hydrogen-bond acceptors (Lipinski definition) is 4. The molecule has 2 heterocycles. The van der Waals surface area contributed by atoms with Crippen molar-refractivity contribution in [3.63, 3.8) is 0 Å². The molecule has 0 radical (unpaired) electrons. The van der Waals surface area contributed by atoms with Crippen molar-refractivity contribution in [2.45, 2.75) is 38.9 Å². The molecule has 1 aliphatic rings. The van der Waals surface area contributed by atoms with Gasteiger partial charge in [-0.15, -0.1) is 0 Å². The Morgan fingerprint density at radius 3 is 2.52 bits per heavy atom. The molecule has 0 bridgehead atoms. The van der Waals surface area contributed by atoms with Crippen LogP contribution in [0.2, 0.25) is 0 Å². The molecule has 0 saturated carbocycles. The molecular formula is C20H25F3N4O2. The van der Waals surface area contributed by atoms with Gasteiger partial charge in [-0.3, -0.25) is 4.79 Å². The van der Waals surface area contributed by atoms with E-state index in [1.807, 2.05) is 13.8 Å². The Kier molecular flexibility index (Phi) is 6.16. The SMILES string of the molecule is CC(C)c1nccn1[C@H](C)C(=O)Nc1ccc(N2CCOCC2)c(C(F)(F)F)c1. The Hall–Kier alpha value is -2.55. The van der Waals surface area contributed by atoms with E-state index >= 15 is 0 Å². The van der Waals surface area contributed by atoms with Crippen molar-refractivity contribution < 1.29 is 22.7 Å². The minimum atomic E-state index is -4.53. The van der Waals surface area contributed by atoms with E-state index in [0.29, 0.717) is 26.3 Å². The number of hydrogen-bond donors (Lipinski definition) is 1. The van der Waals surface area contributed by atoms with Gasteiger partial charge in [0.25, 0.3) is 0 Å². The van der Waals surface area contributed by atoms with Crippen molar-refractivity contribution in [3.8, 4) is 0 Å². The van der Waals surface area contributed by atoms with Gasteiger partial charge in [0.2, 0.25) is 5.91 Å². The Labute approximate surface area is 167 Å². The summed E-state index contributed by atoms with van der Waals surface area (Å²) in [6.45, 7) is 7.17. The second-order valence-electron chi connectivity index (χ2n) is 7.34. The van der Waals surface area contributed by atoms with Crippen molar-refractivity contribution in [1.82, 2.24) is 9.55 Å². The number of alkyl halides is 3. The molecule has 1 saturated heterocycles. The number of aromatic nitrogens is 2. The molecule has 9 heteroatoms. The predicted molar refractivity (Wildman–Crippen MR) is 104 cm³/mol. The van der Waals surface area contributed by atoms with Gasteiger partial charge < -0.3 is 19.5 Å². The molecule has 3 rings (SSSR count). The maximum atomic E-state index is 13.7. The van der Waals surface area contributed by atoms with Crippen LogP contribution >= 0.6 is 0 Å². The van der Waals surface area contributed by atoms with E-state index < -0.39 is 23.7 Å². The summed E-state index contributed by atoms with van der Waals surface area (Å²) in [6.07, 6.45) is -1.23. The molecule has 1 aromatic carbocycles. The maximum Gasteiger partial charge on any atom is 0.418 e. The lowest BCUT2D eigenvalue weighted by molar-refractivity contribution is -0.137. The molecule has 2 aromatic rings. The fourth-order valence-corrected chi connectivity index (χ4v) is 3.39. The lowest BCUT2D eigenvalue weighted by Crippen LogP contribution is -2.37. The van der Waals surface area contributed by atoms with Crippen molar-refractivity contribution in [2.24, 2.45) is 0 Å². The number of benzene rings is 1. The first-order valence-electron chi connectivity index (χ1n) is 9.56. The van der Waals surface area contributed by atoms with Crippen LogP contribution in [0.4, 0.5) is 24.5 Å². The molecular weight excluding hydrogens is 385 g/mol. The summed E-state index contributed by atoms with van der Waals surface area (Å²) in [7, 11) is 0. The number of morpholine rings is 1. The van der Waals surface area contributed by atoms with E-state index in [0.717, 1.165) is 11.9 Å². The minimum absolute atomic E-state index is 0.101. The smallest absolute Gasteiger partial charge is 0.378 e. The van der Waals surface area contributed by atoms with Crippen molar-refractivity contribution in [3.05, 3.63) is 42.0 Å². The van der Waals surface area contributed by atoms with Gasteiger partial charge >= 0.3 is 6.18 Å². The molecule has 1 atom stereocenters. The molecule has 0 aliphatic carbocycles. The predicted octanol–water partition coefficient (Wildman–Crippen LogP) is 4.06. The van der Waals surface area contributed by atoms with Crippen LogP contribution in [0.5, 0.6) is 0 Å². The number of nitrogens with zero attached hydrogens (tertiary/aromatic N) is 3.